The molecule has 2 unspecified atom stereocenters. The molecule has 2 atom stereocenters. The van der Waals surface area contributed by atoms with Crippen LogP contribution in [-0.4, -0.2) is 32.0 Å². The number of anilines is 1. The van der Waals surface area contributed by atoms with Crippen LogP contribution in [0.2, 0.25) is 10.0 Å². The molecule has 1 saturated heterocycles. The Bertz CT molecular complexity index is 726. The Morgan fingerprint density at radius 1 is 1.22 bits per heavy atom. The van der Waals surface area contributed by atoms with Gasteiger partial charge in [-0.15, -0.1) is 0 Å². The summed E-state index contributed by atoms with van der Waals surface area (Å²) >= 11 is 11.8. The van der Waals surface area contributed by atoms with Gasteiger partial charge in [0.25, 0.3) is 0 Å². The maximum absolute atomic E-state index is 12.9. The summed E-state index contributed by atoms with van der Waals surface area (Å²) < 4.78 is 61.8. The van der Waals surface area contributed by atoms with Crippen LogP contribution >= 0.6 is 23.2 Å². The van der Waals surface area contributed by atoms with Gasteiger partial charge in [0.1, 0.15) is 0 Å². The zero-order valence-corrected chi connectivity index (χ0v) is 14.1. The Morgan fingerprint density at radius 2 is 1.74 bits per heavy atom. The molecular formula is C13H12Cl2F3NO3S. The van der Waals surface area contributed by atoms with E-state index in [0.29, 0.717) is 5.56 Å². The summed E-state index contributed by atoms with van der Waals surface area (Å²) in [6, 6.07) is 2.68. The minimum absolute atomic E-state index is 0.112. The van der Waals surface area contributed by atoms with E-state index < -0.39 is 45.3 Å². The summed E-state index contributed by atoms with van der Waals surface area (Å²) in [5.41, 5.74) is 0.670. The minimum Gasteiger partial charge on any atom is -0.326 e. The summed E-state index contributed by atoms with van der Waals surface area (Å²) in [5.74, 6) is -6.85. The first kappa shape index (κ1) is 18.4. The molecular weight excluding hydrogens is 378 g/mol. The van der Waals surface area contributed by atoms with Crippen LogP contribution in [-0.2, 0) is 14.6 Å². The van der Waals surface area contributed by atoms with Crippen LogP contribution in [0.4, 0.5) is 18.9 Å². The van der Waals surface area contributed by atoms with Crippen LogP contribution in [0.15, 0.2) is 12.1 Å². The smallest absolute Gasteiger partial charge is 0.326 e. The summed E-state index contributed by atoms with van der Waals surface area (Å²) in [5, 5.41) is 2.73. The highest BCUT2D eigenvalue weighted by Crippen LogP contribution is 2.39. The number of hydrogen-bond acceptors (Lipinski definition) is 3. The fourth-order valence-electron chi connectivity index (χ4n) is 2.38. The van der Waals surface area contributed by atoms with E-state index in [2.05, 4.69) is 5.32 Å². The second-order valence-electron chi connectivity index (χ2n) is 5.39. The molecule has 0 spiro atoms. The van der Waals surface area contributed by atoms with Gasteiger partial charge in [-0.3, -0.25) is 4.79 Å². The number of alkyl halides is 3. The van der Waals surface area contributed by atoms with E-state index in [1.165, 1.54) is 12.1 Å². The molecule has 1 N–H and O–H groups in total. The van der Waals surface area contributed by atoms with Crippen molar-refractivity contribution in [2.24, 2.45) is 11.8 Å². The first-order chi connectivity index (χ1) is 10.4. The number of carbonyl (C=O) groups excluding carboxylic acids is 1. The summed E-state index contributed by atoms with van der Waals surface area (Å²) in [4.78, 5) is 12.1. The number of hydrogen-bond donors (Lipinski definition) is 1. The van der Waals surface area contributed by atoms with Crippen molar-refractivity contribution in [2.75, 3.05) is 16.8 Å². The van der Waals surface area contributed by atoms with Gasteiger partial charge in [-0.2, -0.15) is 13.2 Å². The van der Waals surface area contributed by atoms with Crippen molar-refractivity contribution < 1.29 is 26.4 Å². The van der Waals surface area contributed by atoms with Crippen LogP contribution in [0.25, 0.3) is 0 Å². The van der Waals surface area contributed by atoms with Crippen molar-refractivity contribution >= 4 is 44.6 Å². The highest BCUT2D eigenvalue weighted by molar-refractivity contribution is 7.91. The molecule has 1 aliphatic rings. The van der Waals surface area contributed by atoms with Crippen LogP contribution < -0.4 is 5.32 Å². The maximum Gasteiger partial charge on any atom is 0.393 e. The zero-order valence-electron chi connectivity index (χ0n) is 11.7. The fraction of sp³-hybridized carbons (Fsp3) is 0.462. The topological polar surface area (TPSA) is 63.2 Å². The Morgan fingerprint density at radius 3 is 2.22 bits per heavy atom. The van der Waals surface area contributed by atoms with Gasteiger partial charge in [0, 0.05) is 15.7 Å². The molecule has 0 radical (unpaired) electrons. The molecule has 1 aromatic carbocycles. The maximum atomic E-state index is 12.9. The van der Waals surface area contributed by atoms with Gasteiger partial charge in [-0.25, -0.2) is 8.42 Å². The van der Waals surface area contributed by atoms with Gasteiger partial charge < -0.3 is 5.32 Å². The van der Waals surface area contributed by atoms with Gasteiger partial charge in [0.05, 0.1) is 23.3 Å². The first-order valence-electron chi connectivity index (χ1n) is 6.44. The Labute approximate surface area is 140 Å². The number of halogens is 5. The van der Waals surface area contributed by atoms with Crippen LogP contribution in [0.3, 0.4) is 0 Å². The number of amides is 1. The molecule has 1 aromatic rings. The molecule has 1 amide bonds. The van der Waals surface area contributed by atoms with Crippen molar-refractivity contribution in [1.29, 1.82) is 0 Å². The summed E-state index contributed by atoms with van der Waals surface area (Å²) in [6.45, 7) is 1.64. The highest BCUT2D eigenvalue weighted by atomic mass is 35.5. The third-order valence-electron chi connectivity index (χ3n) is 3.66. The van der Waals surface area contributed by atoms with Crippen LogP contribution in [0, 0.1) is 18.8 Å². The molecule has 4 nitrogen and oxygen atoms in total. The Balaban J connectivity index is 2.26. The molecule has 10 heteroatoms. The van der Waals surface area contributed by atoms with Gasteiger partial charge in [0.2, 0.25) is 5.91 Å². The average Bonchev–Trinajstić information content (AvgIpc) is 2.72. The van der Waals surface area contributed by atoms with Crippen LogP contribution in [0.1, 0.15) is 5.56 Å². The normalized spacial score (nSPS) is 23.7. The fourth-order valence-corrected chi connectivity index (χ4v) is 4.90. The highest BCUT2D eigenvalue weighted by Gasteiger charge is 2.55. The molecule has 0 bridgehead atoms. The van der Waals surface area contributed by atoms with Gasteiger partial charge in [-0.1, -0.05) is 23.2 Å². The third kappa shape index (κ3) is 4.10. The predicted octanol–water partition coefficient (Wildman–Crippen LogP) is 3.46. The lowest BCUT2D eigenvalue weighted by molar-refractivity contribution is -0.180. The second-order valence-corrected chi connectivity index (χ2v) is 8.35. The van der Waals surface area contributed by atoms with E-state index in [4.69, 9.17) is 23.2 Å². The molecule has 128 valence electrons. The molecule has 1 aliphatic heterocycles. The van der Waals surface area contributed by atoms with Crippen molar-refractivity contribution in [2.45, 2.75) is 13.1 Å². The van der Waals surface area contributed by atoms with Gasteiger partial charge >= 0.3 is 6.18 Å². The lowest BCUT2D eigenvalue weighted by Crippen LogP contribution is -2.36. The lowest BCUT2D eigenvalue weighted by atomic mass is 9.94. The van der Waals surface area contributed by atoms with Crippen molar-refractivity contribution in [1.82, 2.24) is 0 Å². The van der Waals surface area contributed by atoms with E-state index in [1.807, 2.05) is 0 Å². The lowest BCUT2D eigenvalue weighted by Gasteiger charge is -2.20. The average molecular weight is 390 g/mol. The Hall–Kier alpha value is -0.990. The number of nitrogens with one attached hydrogen (secondary N) is 1. The number of benzene rings is 1. The SMILES string of the molecule is Cc1c(Cl)cc(NC(=O)C2CS(=O)(=O)CC2C(F)(F)F)cc1Cl. The minimum atomic E-state index is -4.77. The molecule has 1 heterocycles. The van der Waals surface area contributed by atoms with E-state index in [1.54, 1.807) is 6.92 Å². The molecule has 2 rings (SSSR count). The second kappa shape index (κ2) is 6.14. The predicted molar refractivity (Wildman–Crippen MR) is 81.5 cm³/mol. The van der Waals surface area contributed by atoms with E-state index in [-0.39, 0.29) is 15.7 Å². The van der Waals surface area contributed by atoms with Gasteiger partial charge in [0.15, 0.2) is 9.84 Å². The number of rotatable bonds is 2. The number of sulfone groups is 1. The zero-order chi connectivity index (χ0) is 17.6. The monoisotopic (exact) mass is 389 g/mol. The molecule has 1 fully saturated rings. The van der Waals surface area contributed by atoms with Crippen molar-refractivity contribution in [3.05, 3.63) is 27.7 Å². The standard InChI is InChI=1S/C13H12Cl2F3NO3S/c1-6-10(14)2-7(3-11(6)15)19-12(20)8-4-23(21,22)5-9(8)13(16,17)18/h2-3,8-9H,4-5H2,1H3,(H,19,20). The van der Waals surface area contributed by atoms with Crippen molar-refractivity contribution in [3.63, 3.8) is 0 Å². The van der Waals surface area contributed by atoms with Crippen LogP contribution in [0.5, 0.6) is 0 Å². The van der Waals surface area contributed by atoms with E-state index in [0.717, 1.165) is 0 Å². The third-order valence-corrected chi connectivity index (χ3v) is 6.18. The molecule has 0 aliphatic carbocycles. The Kier molecular flexibility index (Phi) is 4.90. The number of carbonyl (C=O) groups is 1. The summed E-state index contributed by atoms with van der Waals surface area (Å²) in [6.07, 6.45) is -4.77. The molecule has 0 saturated carbocycles. The van der Waals surface area contributed by atoms with E-state index in [9.17, 15) is 26.4 Å². The largest absolute Gasteiger partial charge is 0.393 e. The quantitative estimate of drug-likeness (QED) is 0.842. The van der Waals surface area contributed by atoms with Crippen molar-refractivity contribution in [3.8, 4) is 0 Å². The first-order valence-corrected chi connectivity index (χ1v) is 9.02. The van der Waals surface area contributed by atoms with E-state index >= 15 is 0 Å². The molecule has 23 heavy (non-hydrogen) atoms. The van der Waals surface area contributed by atoms with Gasteiger partial charge in [-0.05, 0) is 24.6 Å². The molecule has 0 aromatic heterocycles. The summed E-state index contributed by atoms with van der Waals surface area (Å²) in [7, 11) is -3.92.